The summed E-state index contributed by atoms with van der Waals surface area (Å²) in [4.78, 5) is 23.0. The highest BCUT2D eigenvalue weighted by Gasteiger charge is 2.18. The summed E-state index contributed by atoms with van der Waals surface area (Å²) in [5.41, 5.74) is 1.40. The number of hydrogen-bond acceptors (Lipinski definition) is 4. The maximum atomic E-state index is 12.3. The van der Waals surface area contributed by atoms with Crippen LogP contribution < -0.4 is 5.43 Å². The van der Waals surface area contributed by atoms with Crippen molar-refractivity contribution in [3.8, 4) is 11.3 Å². The monoisotopic (exact) mass is 407 g/mol. The SMILES string of the molecule is Cc1cc(I)c2oc(-c3ccccc3[N+](=O)[O-])cc(=O)c2c1. The van der Waals surface area contributed by atoms with Crippen molar-refractivity contribution in [3.05, 3.63) is 71.9 Å². The molecule has 1 heterocycles. The lowest BCUT2D eigenvalue weighted by Gasteiger charge is -2.06. The Morgan fingerprint density at radius 2 is 1.91 bits per heavy atom. The zero-order valence-electron chi connectivity index (χ0n) is 11.5. The van der Waals surface area contributed by atoms with Gasteiger partial charge in [-0.2, -0.15) is 0 Å². The van der Waals surface area contributed by atoms with Crippen molar-refractivity contribution in [3.63, 3.8) is 0 Å². The van der Waals surface area contributed by atoms with Gasteiger partial charge in [-0.25, -0.2) is 0 Å². The molecular formula is C16H10INO4. The minimum absolute atomic E-state index is 0.0906. The topological polar surface area (TPSA) is 73.3 Å². The molecule has 0 N–H and O–H groups in total. The second-order valence-electron chi connectivity index (χ2n) is 4.87. The fraction of sp³-hybridized carbons (Fsp3) is 0.0625. The lowest BCUT2D eigenvalue weighted by Crippen LogP contribution is -2.02. The molecule has 0 amide bonds. The van der Waals surface area contributed by atoms with Crippen molar-refractivity contribution >= 4 is 39.2 Å². The normalized spacial score (nSPS) is 10.8. The largest absolute Gasteiger partial charge is 0.454 e. The van der Waals surface area contributed by atoms with Gasteiger partial charge in [0.1, 0.15) is 5.76 Å². The summed E-state index contributed by atoms with van der Waals surface area (Å²) in [5, 5.41) is 11.6. The molecule has 110 valence electrons. The number of aryl methyl sites for hydroxylation is 1. The fourth-order valence-corrected chi connectivity index (χ4v) is 3.22. The predicted molar refractivity (Wildman–Crippen MR) is 92.0 cm³/mol. The van der Waals surface area contributed by atoms with E-state index in [-0.39, 0.29) is 16.9 Å². The molecule has 0 saturated carbocycles. The van der Waals surface area contributed by atoms with Crippen LogP contribution in [-0.2, 0) is 0 Å². The van der Waals surface area contributed by atoms with Crippen LogP contribution in [0, 0.1) is 20.6 Å². The Morgan fingerprint density at radius 3 is 2.64 bits per heavy atom. The molecule has 0 aliphatic rings. The number of fused-ring (bicyclic) bond motifs is 1. The summed E-state index contributed by atoms with van der Waals surface area (Å²) in [6.45, 7) is 1.90. The Labute approximate surface area is 138 Å². The number of nitro groups is 1. The van der Waals surface area contributed by atoms with Crippen LogP contribution in [0.1, 0.15) is 5.56 Å². The van der Waals surface area contributed by atoms with E-state index in [4.69, 9.17) is 4.42 Å². The van der Waals surface area contributed by atoms with Gasteiger partial charge in [0.2, 0.25) is 0 Å². The maximum Gasteiger partial charge on any atom is 0.280 e. The molecule has 0 atom stereocenters. The maximum absolute atomic E-state index is 12.3. The van der Waals surface area contributed by atoms with E-state index in [2.05, 4.69) is 22.6 Å². The number of rotatable bonds is 2. The second kappa shape index (κ2) is 5.53. The van der Waals surface area contributed by atoms with Crippen molar-refractivity contribution in [1.82, 2.24) is 0 Å². The Bertz CT molecular complexity index is 962. The molecule has 5 nitrogen and oxygen atoms in total. The average Bonchev–Trinajstić information content (AvgIpc) is 2.48. The van der Waals surface area contributed by atoms with Crippen molar-refractivity contribution < 1.29 is 9.34 Å². The van der Waals surface area contributed by atoms with Gasteiger partial charge in [0.05, 0.1) is 19.4 Å². The van der Waals surface area contributed by atoms with Crippen LogP contribution in [0.5, 0.6) is 0 Å². The van der Waals surface area contributed by atoms with Crippen LogP contribution >= 0.6 is 22.6 Å². The lowest BCUT2D eigenvalue weighted by molar-refractivity contribution is -0.384. The molecule has 0 bridgehead atoms. The molecule has 22 heavy (non-hydrogen) atoms. The van der Waals surface area contributed by atoms with Crippen LogP contribution in [-0.4, -0.2) is 4.92 Å². The van der Waals surface area contributed by atoms with E-state index < -0.39 is 4.92 Å². The van der Waals surface area contributed by atoms with Gasteiger partial charge < -0.3 is 4.42 Å². The minimum Gasteiger partial charge on any atom is -0.454 e. The first kappa shape index (κ1) is 14.7. The van der Waals surface area contributed by atoms with Gasteiger partial charge in [0, 0.05) is 12.1 Å². The molecule has 3 aromatic rings. The number of benzene rings is 2. The summed E-state index contributed by atoms with van der Waals surface area (Å²) in [5.74, 6) is 0.201. The molecule has 0 radical (unpaired) electrons. The quantitative estimate of drug-likeness (QED) is 0.361. The first-order valence-electron chi connectivity index (χ1n) is 6.45. The molecule has 1 aromatic heterocycles. The number of halogens is 1. The van der Waals surface area contributed by atoms with Crippen LogP contribution in [0.25, 0.3) is 22.3 Å². The predicted octanol–water partition coefficient (Wildman–Crippen LogP) is 4.28. The smallest absolute Gasteiger partial charge is 0.280 e. The zero-order chi connectivity index (χ0) is 15.9. The standard InChI is InChI=1S/C16H10INO4/c1-9-6-11-14(19)8-15(22-16(11)12(17)7-9)10-4-2-3-5-13(10)18(20)21/h2-8H,1H3. The highest BCUT2D eigenvalue weighted by Crippen LogP contribution is 2.31. The van der Waals surface area contributed by atoms with Gasteiger partial charge in [-0.3, -0.25) is 14.9 Å². The van der Waals surface area contributed by atoms with Crippen molar-refractivity contribution in [2.75, 3.05) is 0 Å². The van der Waals surface area contributed by atoms with Crippen molar-refractivity contribution in [2.24, 2.45) is 0 Å². The molecule has 6 heteroatoms. The summed E-state index contributed by atoms with van der Waals surface area (Å²) >= 11 is 2.09. The van der Waals surface area contributed by atoms with E-state index in [1.54, 1.807) is 24.3 Å². The molecule has 3 rings (SSSR count). The van der Waals surface area contributed by atoms with E-state index in [0.29, 0.717) is 16.5 Å². The van der Waals surface area contributed by atoms with Gasteiger partial charge in [-0.05, 0) is 53.3 Å². The third-order valence-corrected chi connectivity index (χ3v) is 4.10. The lowest BCUT2D eigenvalue weighted by atomic mass is 10.1. The number of para-hydroxylation sites is 1. The highest BCUT2D eigenvalue weighted by atomic mass is 127. The molecular weight excluding hydrogens is 397 g/mol. The number of nitrogens with zero attached hydrogens (tertiary/aromatic N) is 1. The molecule has 0 aliphatic carbocycles. The Balaban J connectivity index is 2.35. The number of nitro benzene ring substituents is 1. The summed E-state index contributed by atoms with van der Waals surface area (Å²) in [7, 11) is 0. The van der Waals surface area contributed by atoms with E-state index in [1.807, 2.05) is 13.0 Å². The fourth-order valence-electron chi connectivity index (χ4n) is 2.33. The van der Waals surface area contributed by atoms with Crippen molar-refractivity contribution in [1.29, 1.82) is 0 Å². The van der Waals surface area contributed by atoms with Gasteiger partial charge >= 0.3 is 0 Å². The van der Waals surface area contributed by atoms with Crippen LogP contribution in [0.4, 0.5) is 5.69 Å². The van der Waals surface area contributed by atoms with Gasteiger partial charge in [0.25, 0.3) is 5.69 Å². The van der Waals surface area contributed by atoms with E-state index in [1.165, 1.54) is 12.1 Å². The van der Waals surface area contributed by atoms with Gasteiger partial charge in [-0.15, -0.1) is 0 Å². The van der Waals surface area contributed by atoms with Gasteiger partial charge in [-0.1, -0.05) is 12.1 Å². The Hall–Kier alpha value is -2.22. The molecule has 0 saturated heterocycles. The zero-order valence-corrected chi connectivity index (χ0v) is 13.7. The minimum atomic E-state index is -0.486. The van der Waals surface area contributed by atoms with Gasteiger partial charge in [0.15, 0.2) is 11.0 Å². The van der Waals surface area contributed by atoms with E-state index in [0.717, 1.165) is 9.13 Å². The van der Waals surface area contributed by atoms with Crippen LogP contribution in [0.15, 0.2) is 51.7 Å². The Morgan fingerprint density at radius 1 is 1.18 bits per heavy atom. The summed E-state index contributed by atoms with van der Waals surface area (Å²) in [6.07, 6.45) is 0. The van der Waals surface area contributed by atoms with Crippen LogP contribution in [0.3, 0.4) is 0 Å². The highest BCUT2D eigenvalue weighted by molar-refractivity contribution is 14.1. The molecule has 2 aromatic carbocycles. The van der Waals surface area contributed by atoms with E-state index >= 15 is 0 Å². The molecule has 0 spiro atoms. The summed E-state index contributed by atoms with van der Waals surface area (Å²) < 4.78 is 6.59. The second-order valence-corrected chi connectivity index (χ2v) is 6.03. The Kier molecular flexibility index (Phi) is 3.69. The first-order chi connectivity index (χ1) is 10.5. The molecule has 0 aliphatic heterocycles. The first-order valence-corrected chi connectivity index (χ1v) is 7.53. The third kappa shape index (κ3) is 2.50. The number of hydrogen-bond donors (Lipinski definition) is 0. The van der Waals surface area contributed by atoms with Crippen LogP contribution in [0.2, 0.25) is 0 Å². The molecule has 0 fully saturated rings. The summed E-state index contributed by atoms with van der Waals surface area (Å²) in [6, 6.07) is 11.2. The van der Waals surface area contributed by atoms with Crippen molar-refractivity contribution in [2.45, 2.75) is 6.92 Å². The van der Waals surface area contributed by atoms with E-state index in [9.17, 15) is 14.9 Å². The molecule has 0 unspecified atom stereocenters. The third-order valence-electron chi connectivity index (χ3n) is 3.29. The average molecular weight is 407 g/mol.